The molecule has 2 nitrogen and oxygen atoms in total. The highest BCUT2D eigenvalue weighted by Gasteiger charge is 2.46. The zero-order valence-corrected chi connectivity index (χ0v) is 21.4. The fourth-order valence-corrected chi connectivity index (χ4v) is 7.18. The molecule has 178 valence electrons. The molecule has 2 aromatic heterocycles. The van der Waals surface area contributed by atoms with E-state index in [0.29, 0.717) is 0 Å². The standard InChI is InChI=1S/C33H22O2S2/c34-25-11-7-23(8-12-25)33(24-9-13-26(35)14-10-24)29-15-5-21(31-3-1-17-36-31)19-27(29)28-20-22(6-16-30(28)33)32-4-2-18-37-32/h1-20,34-35H. The van der Waals surface area contributed by atoms with E-state index in [9.17, 15) is 10.2 Å². The van der Waals surface area contributed by atoms with Gasteiger partial charge in [-0.25, -0.2) is 0 Å². The van der Waals surface area contributed by atoms with Gasteiger partial charge in [0.1, 0.15) is 11.5 Å². The van der Waals surface area contributed by atoms with Crippen molar-refractivity contribution < 1.29 is 10.2 Å². The topological polar surface area (TPSA) is 40.5 Å². The van der Waals surface area contributed by atoms with Crippen molar-refractivity contribution in [1.82, 2.24) is 0 Å². The molecule has 4 aromatic carbocycles. The molecular formula is C33H22O2S2. The summed E-state index contributed by atoms with van der Waals surface area (Å²) in [5.41, 5.74) is 8.77. The molecule has 0 fully saturated rings. The van der Waals surface area contributed by atoms with Crippen molar-refractivity contribution >= 4 is 22.7 Å². The summed E-state index contributed by atoms with van der Waals surface area (Å²) in [7, 11) is 0. The summed E-state index contributed by atoms with van der Waals surface area (Å²) < 4.78 is 0. The smallest absolute Gasteiger partial charge is 0.115 e. The maximum atomic E-state index is 10.1. The molecule has 0 amide bonds. The first-order valence-electron chi connectivity index (χ1n) is 12.1. The van der Waals surface area contributed by atoms with Crippen molar-refractivity contribution in [3.63, 3.8) is 0 Å². The molecule has 37 heavy (non-hydrogen) atoms. The van der Waals surface area contributed by atoms with Gasteiger partial charge in [0.15, 0.2) is 0 Å². The highest BCUT2D eigenvalue weighted by molar-refractivity contribution is 7.13. The van der Waals surface area contributed by atoms with Gasteiger partial charge in [0.05, 0.1) is 5.41 Å². The number of hydrogen-bond donors (Lipinski definition) is 2. The average molecular weight is 515 g/mol. The molecule has 2 heterocycles. The first-order valence-corrected chi connectivity index (χ1v) is 13.9. The zero-order chi connectivity index (χ0) is 25.0. The molecule has 6 aromatic rings. The van der Waals surface area contributed by atoms with Gasteiger partial charge in [0.2, 0.25) is 0 Å². The summed E-state index contributed by atoms with van der Waals surface area (Å²) in [6, 6.07) is 37.2. The van der Waals surface area contributed by atoms with E-state index in [1.54, 1.807) is 46.9 Å². The average Bonchev–Trinajstić information content (AvgIpc) is 3.70. The van der Waals surface area contributed by atoms with E-state index in [1.165, 1.54) is 43.1 Å². The van der Waals surface area contributed by atoms with Gasteiger partial charge in [-0.2, -0.15) is 0 Å². The molecule has 0 unspecified atom stereocenters. The summed E-state index contributed by atoms with van der Waals surface area (Å²) in [4.78, 5) is 2.48. The third kappa shape index (κ3) is 3.37. The Morgan fingerprint density at radius 3 is 1.30 bits per heavy atom. The lowest BCUT2D eigenvalue weighted by molar-refractivity contribution is 0.475. The van der Waals surface area contributed by atoms with E-state index in [-0.39, 0.29) is 11.5 Å². The SMILES string of the molecule is Oc1ccc(C2(c3ccc(O)cc3)c3ccc(-c4cccs4)cc3-c3cc(-c4cccs4)ccc32)cc1. The fourth-order valence-electron chi connectivity index (χ4n) is 5.74. The highest BCUT2D eigenvalue weighted by atomic mass is 32.1. The minimum atomic E-state index is -0.589. The fraction of sp³-hybridized carbons (Fsp3) is 0.0303. The summed E-state index contributed by atoms with van der Waals surface area (Å²) in [5.74, 6) is 0.480. The van der Waals surface area contributed by atoms with Crippen LogP contribution in [0.3, 0.4) is 0 Å². The van der Waals surface area contributed by atoms with Gasteiger partial charge in [-0.15, -0.1) is 22.7 Å². The molecule has 0 aliphatic heterocycles. The Kier molecular flexibility index (Phi) is 5.07. The number of phenolic OH excluding ortho intramolecular Hbond substituents is 2. The lowest BCUT2D eigenvalue weighted by Crippen LogP contribution is -2.28. The van der Waals surface area contributed by atoms with E-state index in [2.05, 4.69) is 71.4 Å². The van der Waals surface area contributed by atoms with Crippen LogP contribution in [0.4, 0.5) is 0 Å². The van der Waals surface area contributed by atoms with E-state index in [4.69, 9.17) is 0 Å². The number of rotatable bonds is 4. The lowest BCUT2D eigenvalue weighted by Gasteiger charge is -2.34. The molecule has 1 aliphatic rings. The number of thiophene rings is 2. The first kappa shape index (κ1) is 22.1. The van der Waals surface area contributed by atoms with Crippen LogP contribution in [-0.2, 0) is 5.41 Å². The normalized spacial score (nSPS) is 13.3. The lowest BCUT2D eigenvalue weighted by atomic mass is 9.67. The van der Waals surface area contributed by atoms with Gasteiger partial charge in [-0.05, 0) is 104 Å². The van der Waals surface area contributed by atoms with E-state index in [0.717, 1.165) is 11.1 Å². The number of fused-ring (bicyclic) bond motifs is 3. The Morgan fingerprint density at radius 1 is 0.486 bits per heavy atom. The quantitative estimate of drug-likeness (QED) is 0.246. The van der Waals surface area contributed by atoms with Gasteiger partial charge in [-0.1, -0.05) is 60.7 Å². The predicted octanol–water partition coefficient (Wildman–Crippen LogP) is 8.92. The van der Waals surface area contributed by atoms with Crippen LogP contribution >= 0.6 is 22.7 Å². The molecule has 4 heteroatoms. The predicted molar refractivity (Wildman–Crippen MR) is 154 cm³/mol. The first-order chi connectivity index (χ1) is 18.1. The molecule has 0 radical (unpaired) electrons. The maximum absolute atomic E-state index is 10.1. The van der Waals surface area contributed by atoms with Gasteiger partial charge >= 0.3 is 0 Å². The van der Waals surface area contributed by atoms with Crippen LogP contribution < -0.4 is 0 Å². The van der Waals surface area contributed by atoms with Crippen LogP contribution in [0.25, 0.3) is 32.0 Å². The van der Waals surface area contributed by atoms with Gasteiger partial charge in [0.25, 0.3) is 0 Å². The Bertz CT molecular complexity index is 1580. The van der Waals surface area contributed by atoms with Gasteiger partial charge in [-0.3, -0.25) is 0 Å². The molecule has 0 spiro atoms. The molecule has 1 aliphatic carbocycles. The van der Waals surface area contributed by atoms with Crippen LogP contribution in [0, 0.1) is 0 Å². The van der Waals surface area contributed by atoms with E-state index < -0.39 is 5.41 Å². The van der Waals surface area contributed by atoms with Crippen LogP contribution in [0.2, 0.25) is 0 Å². The maximum Gasteiger partial charge on any atom is 0.115 e. The van der Waals surface area contributed by atoms with Crippen molar-refractivity contribution in [3.05, 3.63) is 142 Å². The number of aromatic hydroxyl groups is 2. The van der Waals surface area contributed by atoms with Crippen LogP contribution in [-0.4, -0.2) is 10.2 Å². The molecule has 0 saturated heterocycles. The summed E-state index contributed by atoms with van der Waals surface area (Å²) in [6.07, 6.45) is 0. The largest absolute Gasteiger partial charge is 0.508 e. The molecule has 0 saturated carbocycles. The van der Waals surface area contributed by atoms with Crippen molar-refractivity contribution in [2.24, 2.45) is 0 Å². The monoisotopic (exact) mass is 514 g/mol. The van der Waals surface area contributed by atoms with E-state index >= 15 is 0 Å². The van der Waals surface area contributed by atoms with Crippen LogP contribution in [0.15, 0.2) is 120 Å². The van der Waals surface area contributed by atoms with Crippen molar-refractivity contribution in [2.75, 3.05) is 0 Å². The highest BCUT2D eigenvalue weighted by Crippen LogP contribution is 2.57. The Hall–Kier alpha value is -4.12. The number of benzene rings is 4. The second kappa shape index (κ2) is 8.48. The summed E-state index contributed by atoms with van der Waals surface area (Å²) in [6.45, 7) is 0. The summed E-state index contributed by atoms with van der Waals surface area (Å²) >= 11 is 3.49. The second-order valence-electron chi connectivity index (χ2n) is 9.32. The van der Waals surface area contributed by atoms with Gasteiger partial charge < -0.3 is 10.2 Å². The Labute approximate surface area is 223 Å². The molecule has 0 atom stereocenters. The third-order valence-electron chi connectivity index (χ3n) is 7.35. The van der Waals surface area contributed by atoms with Crippen molar-refractivity contribution in [1.29, 1.82) is 0 Å². The Balaban J connectivity index is 1.59. The third-order valence-corrected chi connectivity index (χ3v) is 9.19. The molecule has 0 bridgehead atoms. The zero-order valence-electron chi connectivity index (χ0n) is 19.8. The van der Waals surface area contributed by atoms with Gasteiger partial charge in [0, 0.05) is 9.75 Å². The van der Waals surface area contributed by atoms with Crippen LogP contribution in [0.1, 0.15) is 22.3 Å². The molecule has 2 N–H and O–H groups in total. The van der Waals surface area contributed by atoms with Crippen molar-refractivity contribution in [2.45, 2.75) is 5.41 Å². The molecular weight excluding hydrogens is 492 g/mol. The summed E-state index contributed by atoms with van der Waals surface area (Å²) in [5, 5.41) is 24.5. The van der Waals surface area contributed by atoms with E-state index in [1.807, 2.05) is 24.3 Å². The van der Waals surface area contributed by atoms with Crippen molar-refractivity contribution in [3.8, 4) is 43.5 Å². The Morgan fingerprint density at radius 2 is 0.919 bits per heavy atom. The minimum Gasteiger partial charge on any atom is -0.508 e. The number of phenols is 2. The second-order valence-corrected chi connectivity index (χ2v) is 11.2. The molecule has 7 rings (SSSR count). The van der Waals surface area contributed by atoms with Crippen LogP contribution in [0.5, 0.6) is 11.5 Å². The minimum absolute atomic E-state index is 0.240. The number of hydrogen-bond acceptors (Lipinski definition) is 4.